The quantitative estimate of drug-likeness (QED) is 0.181. The summed E-state index contributed by atoms with van der Waals surface area (Å²) in [6.07, 6.45) is 0. The molecule has 1 aliphatic carbocycles. The first kappa shape index (κ1) is 31.0. The van der Waals surface area contributed by atoms with E-state index in [4.69, 9.17) is 9.15 Å². The zero-order chi connectivity index (χ0) is 36.8. The van der Waals surface area contributed by atoms with E-state index in [9.17, 15) is 0 Å². The average molecular weight is 716 g/mol. The minimum absolute atomic E-state index is 0.590. The summed E-state index contributed by atoms with van der Waals surface area (Å²) in [5, 5.41) is 4.62. The second-order valence-corrected chi connectivity index (χ2v) is 14.8. The molecule has 56 heavy (non-hydrogen) atoms. The highest BCUT2D eigenvalue weighted by Crippen LogP contribution is 2.63. The Kier molecular flexibility index (Phi) is 6.55. The maximum absolute atomic E-state index is 6.94. The van der Waals surface area contributed by atoms with Gasteiger partial charge in [-0.1, -0.05) is 140 Å². The molecule has 12 rings (SSSR count). The highest BCUT2D eigenvalue weighted by Gasteiger charge is 2.51. The van der Waals surface area contributed by atoms with Crippen LogP contribution < -0.4 is 9.64 Å². The lowest BCUT2D eigenvalue weighted by Crippen LogP contribution is -2.32. The molecule has 1 aromatic heterocycles. The summed E-state index contributed by atoms with van der Waals surface area (Å²) in [7, 11) is 0. The fourth-order valence-electron chi connectivity index (χ4n) is 9.50. The van der Waals surface area contributed by atoms with E-state index in [1.165, 1.54) is 27.6 Å². The van der Waals surface area contributed by atoms with Gasteiger partial charge in [-0.2, -0.15) is 0 Å². The Labute approximate surface area is 324 Å². The van der Waals surface area contributed by atoms with Crippen LogP contribution in [0.5, 0.6) is 11.5 Å². The number of para-hydroxylation sites is 3. The third-order valence-corrected chi connectivity index (χ3v) is 11.9. The van der Waals surface area contributed by atoms with E-state index < -0.39 is 5.41 Å². The van der Waals surface area contributed by atoms with Crippen molar-refractivity contribution in [3.05, 3.63) is 222 Å². The van der Waals surface area contributed by atoms with Gasteiger partial charge in [0, 0.05) is 44.5 Å². The van der Waals surface area contributed by atoms with Crippen LogP contribution >= 0.6 is 0 Å². The third kappa shape index (κ3) is 4.34. The summed E-state index contributed by atoms with van der Waals surface area (Å²) in [5.74, 6) is 1.76. The van der Waals surface area contributed by atoms with Crippen molar-refractivity contribution in [2.24, 2.45) is 0 Å². The Morgan fingerprint density at radius 3 is 1.75 bits per heavy atom. The highest BCUT2D eigenvalue weighted by molar-refractivity contribution is 6.09. The molecule has 0 fully saturated rings. The van der Waals surface area contributed by atoms with Crippen LogP contribution in [0, 0.1) is 0 Å². The fraction of sp³-hybridized carbons (Fsp3) is 0.0189. The summed E-state index contributed by atoms with van der Waals surface area (Å²) in [6, 6.07) is 71.9. The van der Waals surface area contributed by atoms with Gasteiger partial charge >= 0.3 is 0 Å². The number of rotatable bonds is 4. The number of hydrogen-bond donors (Lipinski definition) is 0. The van der Waals surface area contributed by atoms with E-state index in [1.54, 1.807) is 0 Å². The van der Waals surface area contributed by atoms with Crippen molar-refractivity contribution in [1.29, 1.82) is 0 Å². The molecule has 0 amide bonds. The molecule has 1 spiro atoms. The first-order valence-corrected chi connectivity index (χ1v) is 19.2. The molecular weight excluding hydrogens is 683 g/mol. The molecule has 3 heteroatoms. The van der Waals surface area contributed by atoms with Gasteiger partial charge in [-0.25, -0.2) is 0 Å². The molecule has 0 saturated carbocycles. The summed E-state index contributed by atoms with van der Waals surface area (Å²) in [5.41, 5.74) is 13.9. The molecule has 0 N–H and O–H groups in total. The molecule has 0 atom stereocenters. The van der Waals surface area contributed by atoms with Gasteiger partial charge in [0.25, 0.3) is 0 Å². The molecule has 3 nitrogen and oxygen atoms in total. The zero-order valence-corrected chi connectivity index (χ0v) is 30.3. The molecule has 0 radical (unpaired) electrons. The number of hydrogen-bond acceptors (Lipinski definition) is 3. The van der Waals surface area contributed by atoms with Gasteiger partial charge in [-0.3, -0.25) is 0 Å². The molecule has 0 unspecified atom stereocenters. The van der Waals surface area contributed by atoms with Crippen LogP contribution in [0.2, 0.25) is 0 Å². The van der Waals surface area contributed by atoms with Gasteiger partial charge in [-0.05, 0) is 99.3 Å². The van der Waals surface area contributed by atoms with Crippen LogP contribution in [-0.4, -0.2) is 0 Å². The SMILES string of the molecule is c1ccc(N(c2ccc(-c3cccc4c3oc3ccccc34)cc2)c2ccc3c(c2)C2(c4cc5ccccc5cc4O3)c3ccccc3-c3ccccc32)cc1. The van der Waals surface area contributed by atoms with Crippen molar-refractivity contribution in [1.82, 2.24) is 0 Å². The van der Waals surface area contributed by atoms with E-state index in [2.05, 4.69) is 193 Å². The molecule has 262 valence electrons. The number of furan rings is 1. The number of fused-ring (bicyclic) bond motifs is 13. The number of ether oxygens (including phenoxy) is 1. The lowest BCUT2D eigenvalue weighted by atomic mass is 9.65. The molecule has 9 aromatic carbocycles. The smallest absolute Gasteiger partial charge is 0.143 e. The second kappa shape index (κ2) is 11.8. The average Bonchev–Trinajstić information content (AvgIpc) is 3.79. The third-order valence-electron chi connectivity index (χ3n) is 11.9. The Bertz CT molecular complexity index is 3130. The van der Waals surface area contributed by atoms with Gasteiger partial charge < -0.3 is 14.1 Å². The van der Waals surface area contributed by atoms with Crippen molar-refractivity contribution in [2.75, 3.05) is 4.90 Å². The van der Waals surface area contributed by atoms with Gasteiger partial charge in [0.15, 0.2) is 0 Å². The van der Waals surface area contributed by atoms with Gasteiger partial charge in [0.1, 0.15) is 22.7 Å². The predicted molar refractivity (Wildman–Crippen MR) is 229 cm³/mol. The summed E-state index contributed by atoms with van der Waals surface area (Å²) in [4.78, 5) is 2.35. The van der Waals surface area contributed by atoms with E-state index in [0.29, 0.717) is 0 Å². The molecule has 2 heterocycles. The van der Waals surface area contributed by atoms with E-state index in [-0.39, 0.29) is 0 Å². The van der Waals surface area contributed by atoms with Crippen LogP contribution in [0.4, 0.5) is 17.1 Å². The maximum Gasteiger partial charge on any atom is 0.143 e. The molecule has 10 aromatic rings. The zero-order valence-electron chi connectivity index (χ0n) is 30.3. The molecule has 0 saturated heterocycles. The Hall–Kier alpha value is -7.36. The molecule has 2 aliphatic rings. The summed E-state index contributed by atoms with van der Waals surface area (Å²) < 4.78 is 13.4. The van der Waals surface area contributed by atoms with Crippen LogP contribution in [0.3, 0.4) is 0 Å². The van der Waals surface area contributed by atoms with Gasteiger partial charge in [0.05, 0.1) is 5.41 Å². The maximum atomic E-state index is 6.94. The van der Waals surface area contributed by atoms with Crippen molar-refractivity contribution in [3.8, 4) is 33.8 Å². The van der Waals surface area contributed by atoms with E-state index in [0.717, 1.165) is 78.1 Å². The first-order chi connectivity index (χ1) is 27.8. The Morgan fingerprint density at radius 1 is 0.375 bits per heavy atom. The minimum Gasteiger partial charge on any atom is -0.457 e. The largest absolute Gasteiger partial charge is 0.457 e. The van der Waals surface area contributed by atoms with Crippen molar-refractivity contribution in [3.63, 3.8) is 0 Å². The Morgan fingerprint density at radius 2 is 0.964 bits per heavy atom. The summed E-state index contributed by atoms with van der Waals surface area (Å²) in [6.45, 7) is 0. The number of benzene rings is 9. The lowest BCUT2D eigenvalue weighted by Gasteiger charge is -2.40. The lowest BCUT2D eigenvalue weighted by molar-refractivity contribution is 0.437. The van der Waals surface area contributed by atoms with Crippen LogP contribution in [0.25, 0.3) is 55.0 Å². The molecule has 0 bridgehead atoms. The fourth-order valence-corrected chi connectivity index (χ4v) is 9.50. The minimum atomic E-state index is -0.590. The van der Waals surface area contributed by atoms with Crippen molar-refractivity contribution < 1.29 is 9.15 Å². The van der Waals surface area contributed by atoms with Gasteiger partial charge in [0.2, 0.25) is 0 Å². The number of anilines is 3. The van der Waals surface area contributed by atoms with Crippen molar-refractivity contribution in [2.45, 2.75) is 5.41 Å². The standard InChI is InChI=1S/C53H33NO2/c1-2-15-37(16-3-1)54(38-27-25-34(26-28-38)40-20-12-21-44-43-19-8-11-24-49(43)56-52(40)44)39-29-30-50-48(33-39)53(47-31-35-13-4-5-14-36(35)32-51(47)55-50)45-22-9-6-17-41(45)42-18-7-10-23-46(42)53/h1-33H. The van der Waals surface area contributed by atoms with Crippen molar-refractivity contribution >= 4 is 49.8 Å². The Balaban J connectivity index is 1.06. The monoisotopic (exact) mass is 715 g/mol. The number of nitrogens with zero attached hydrogens (tertiary/aromatic N) is 1. The van der Waals surface area contributed by atoms with E-state index in [1.807, 2.05) is 12.1 Å². The highest BCUT2D eigenvalue weighted by atomic mass is 16.5. The predicted octanol–water partition coefficient (Wildman–Crippen LogP) is 14.3. The first-order valence-electron chi connectivity index (χ1n) is 19.2. The van der Waals surface area contributed by atoms with Crippen LogP contribution in [-0.2, 0) is 5.41 Å². The normalized spacial score (nSPS) is 13.3. The van der Waals surface area contributed by atoms with Crippen LogP contribution in [0.1, 0.15) is 22.3 Å². The van der Waals surface area contributed by atoms with E-state index >= 15 is 0 Å². The topological polar surface area (TPSA) is 25.6 Å². The molecular formula is C53H33NO2. The second-order valence-electron chi connectivity index (χ2n) is 14.8. The molecule has 1 aliphatic heterocycles. The van der Waals surface area contributed by atoms with Crippen LogP contribution in [0.15, 0.2) is 205 Å². The van der Waals surface area contributed by atoms with Gasteiger partial charge in [-0.15, -0.1) is 0 Å². The summed E-state index contributed by atoms with van der Waals surface area (Å²) >= 11 is 0.